The van der Waals surface area contributed by atoms with Gasteiger partial charge in [-0.3, -0.25) is 0 Å². The average molecular weight is 232 g/mol. The van der Waals surface area contributed by atoms with Crippen LogP contribution in [0.1, 0.15) is 53.4 Å². The Morgan fingerprint density at radius 2 is 1.81 bits per heavy atom. The summed E-state index contributed by atoms with van der Waals surface area (Å²) in [5.74, 6) is -0.900. The molecule has 0 saturated carbocycles. The summed E-state index contributed by atoms with van der Waals surface area (Å²) in [6.07, 6.45) is 3.23. The minimum absolute atomic E-state index is 0.204. The predicted molar refractivity (Wildman–Crippen MR) is 63.3 cm³/mol. The van der Waals surface area contributed by atoms with Gasteiger partial charge in [0.05, 0.1) is 0 Å². The first-order valence-electron chi connectivity index (χ1n) is 5.75. The van der Waals surface area contributed by atoms with Crippen molar-refractivity contribution < 1.29 is 19.8 Å². The molecule has 0 aromatic heterocycles. The summed E-state index contributed by atoms with van der Waals surface area (Å²) < 4.78 is 0. The number of carbonyl (C=O) groups is 2. The minimum atomic E-state index is -1.49. The van der Waals surface area contributed by atoms with E-state index in [-0.39, 0.29) is 12.3 Å². The van der Waals surface area contributed by atoms with Crippen molar-refractivity contribution in [3.63, 3.8) is 0 Å². The first-order chi connectivity index (χ1) is 7.33. The molecule has 0 aliphatic heterocycles. The topological polar surface area (TPSA) is 74.6 Å². The molecule has 0 saturated heterocycles. The molecule has 0 amide bonds. The highest BCUT2D eigenvalue weighted by atomic mass is 16.4. The second-order valence-corrected chi connectivity index (χ2v) is 4.17. The first-order valence-corrected chi connectivity index (χ1v) is 5.75. The van der Waals surface area contributed by atoms with Gasteiger partial charge in [0.2, 0.25) is 0 Å². The molecule has 96 valence electrons. The molecule has 0 aromatic carbocycles. The van der Waals surface area contributed by atoms with Gasteiger partial charge in [-0.1, -0.05) is 40.5 Å². The molecule has 2 N–H and O–H groups in total. The van der Waals surface area contributed by atoms with E-state index in [4.69, 9.17) is 5.11 Å². The van der Waals surface area contributed by atoms with Gasteiger partial charge in [0.25, 0.3) is 0 Å². The van der Waals surface area contributed by atoms with Gasteiger partial charge in [-0.05, 0) is 12.8 Å². The average Bonchev–Trinajstić information content (AvgIpc) is 2.26. The number of aldehydes is 1. The molecule has 1 atom stereocenters. The highest BCUT2D eigenvalue weighted by Crippen LogP contribution is 2.18. The number of hydrogen-bond donors (Lipinski definition) is 2. The fourth-order valence-electron chi connectivity index (χ4n) is 0.904. The lowest BCUT2D eigenvalue weighted by Gasteiger charge is -2.20. The van der Waals surface area contributed by atoms with Crippen LogP contribution < -0.4 is 0 Å². The van der Waals surface area contributed by atoms with E-state index in [0.717, 1.165) is 19.1 Å². The zero-order valence-corrected chi connectivity index (χ0v) is 10.7. The largest absolute Gasteiger partial charge is 0.479 e. The summed E-state index contributed by atoms with van der Waals surface area (Å²) in [7, 11) is 0. The molecular formula is C12H24O4. The van der Waals surface area contributed by atoms with Gasteiger partial charge >= 0.3 is 5.97 Å². The van der Waals surface area contributed by atoms with Crippen molar-refractivity contribution >= 4 is 12.3 Å². The van der Waals surface area contributed by atoms with Gasteiger partial charge in [-0.2, -0.15) is 0 Å². The van der Waals surface area contributed by atoms with Crippen molar-refractivity contribution in [2.45, 2.75) is 59.0 Å². The summed E-state index contributed by atoms with van der Waals surface area (Å²) in [4.78, 5) is 20.0. The summed E-state index contributed by atoms with van der Waals surface area (Å²) in [5, 5.41) is 18.0. The van der Waals surface area contributed by atoms with Gasteiger partial charge in [-0.15, -0.1) is 0 Å². The summed E-state index contributed by atoms with van der Waals surface area (Å²) >= 11 is 0. The quantitative estimate of drug-likeness (QED) is 0.689. The molecule has 4 heteroatoms. The second kappa shape index (κ2) is 9.33. The number of unbranched alkanes of at least 4 members (excludes halogenated alkanes) is 1. The van der Waals surface area contributed by atoms with Crippen LogP contribution in [0.5, 0.6) is 0 Å². The van der Waals surface area contributed by atoms with Crippen molar-refractivity contribution in [3.05, 3.63) is 0 Å². The summed E-state index contributed by atoms with van der Waals surface area (Å²) in [6.45, 7) is 7.36. The molecular weight excluding hydrogens is 208 g/mol. The second-order valence-electron chi connectivity index (χ2n) is 4.17. The third-order valence-electron chi connectivity index (χ3n) is 2.20. The Bertz CT molecular complexity index is 201. The Balaban J connectivity index is 0. The lowest BCUT2D eigenvalue weighted by molar-refractivity contribution is -0.159. The number of aliphatic hydroxyl groups is 1. The van der Waals surface area contributed by atoms with Crippen LogP contribution in [-0.2, 0) is 9.59 Å². The van der Waals surface area contributed by atoms with Crippen molar-refractivity contribution in [3.8, 4) is 0 Å². The number of carboxylic acids is 1. The maximum absolute atomic E-state index is 10.5. The lowest BCUT2D eigenvalue weighted by atomic mass is 9.94. The van der Waals surface area contributed by atoms with Crippen LogP contribution in [0.4, 0.5) is 0 Å². The number of carboxylic acid groups (broad SMARTS) is 1. The van der Waals surface area contributed by atoms with E-state index >= 15 is 0 Å². The maximum Gasteiger partial charge on any atom is 0.335 e. The van der Waals surface area contributed by atoms with E-state index in [0.29, 0.717) is 6.42 Å². The number of aliphatic carboxylic acids is 1. The summed E-state index contributed by atoms with van der Waals surface area (Å²) in [6, 6.07) is 0. The number of carbonyl (C=O) groups excluding carboxylic acids is 1. The Hall–Kier alpha value is -0.900. The molecule has 16 heavy (non-hydrogen) atoms. The lowest BCUT2D eigenvalue weighted by Crippen LogP contribution is -2.37. The van der Waals surface area contributed by atoms with Crippen molar-refractivity contribution in [1.29, 1.82) is 0 Å². The van der Waals surface area contributed by atoms with Crippen molar-refractivity contribution in [1.82, 2.24) is 0 Å². The van der Waals surface area contributed by atoms with Crippen molar-refractivity contribution in [2.75, 3.05) is 0 Å². The zero-order chi connectivity index (χ0) is 13.2. The van der Waals surface area contributed by atoms with Crippen LogP contribution in [0.25, 0.3) is 0 Å². The Labute approximate surface area is 97.7 Å². The highest BCUT2D eigenvalue weighted by Gasteiger charge is 2.32. The normalized spacial score (nSPS) is 13.6. The molecule has 0 aromatic rings. The van der Waals surface area contributed by atoms with E-state index in [1.807, 2.05) is 20.8 Å². The van der Waals surface area contributed by atoms with Crippen molar-refractivity contribution in [2.24, 2.45) is 5.92 Å². The van der Waals surface area contributed by atoms with Crippen LogP contribution in [0, 0.1) is 5.92 Å². The van der Waals surface area contributed by atoms with Gasteiger partial charge in [0, 0.05) is 5.92 Å². The minimum Gasteiger partial charge on any atom is -0.479 e. The molecule has 0 spiro atoms. The Morgan fingerprint density at radius 3 is 2.00 bits per heavy atom. The molecule has 0 fully saturated rings. The van der Waals surface area contributed by atoms with E-state index in [1.54, 1.807) is 6.92 Å². The van der Waals surface area contributed by atoms with Crippen LogP contribution >= 0.6 is 0 Å². The van der Waals surface area contributed by atoms with Gasteiger partial charge in [0.15, 0.2) is 5.60 Å². The molecule has 0 rings (SSSR count). The first kappa shape index (κ1) is 17.5. The smallest absolute Gasteiger partial charge is 0.335 e. The molecule has 0 aliphatic rings. The highest BCUT2D eigenvalue weighted by molar-refractivity contribution is 5.76. The predicted octanol–water partition coefficient (Wildman–Crippen LogP) is 2.24. The van der Waals surface area contributed by atoms with E-state index < -0.39 is 11.6 Å². The third-order valence-corrected chi connectivity index (χ3v) is 2.20. The van der Waals surface area contributed by atoms with Crippen LogP contribution in [0.3, 0.4) is 0 Å². The van der Waals surface area contributed by atoms with Crippen LogP contribution in [-0.4, -0.2) is 28.1 Å². The van der Waals surface area contributed by atoms with Gasteiger partial charge in [0.1, 0.15) is 6.29 Å². The van der Waals surface area contributed by atoms with Crippen LogP contribution in [0.2, 0.25) is 0 Å². The third kappa shape index (κ3) is 8.41. The van der Waals surface area contributed by atoms with Gasteiger partial charge in [-0.25, -0.2) is 4.79 Å². The van der Waals surface area contributed by atoms with Crippen LogP contribution in [0.15, 0.2) is 0 Å². The molecule has 1 unspecified atom stereocenters. The SMILES string of the molecule is CC(C)C=O.CCCCC(O)(CC)C(=O)O. The number of rotatable bonds is 6. The Kier molecular flexibility index (Phi) is 10.2. The molecule has 4 nitrogen and oxygen atoms in total. The standard InChI is InChI=1S/C8H16O3.C4H8O/c1-3-5-6-8(11,4-2)7(9)10;1-4(2)3-5/h11H,3-6H2,1-2H3,(H,9,10);3-4H,1-2H3. The van der Waals surface area contributed by atoms with E-state index in [9.17, 15) is 14.7 Å². The molecule has 0 heterocycles. The maximum atomic E-state index is 10.5. The fraction of sp³-hybridized carbons (Fsp3) is 0.833. The zero-order valence-electron chi connectivity index (χ0n) is 10.7. The molecule has 0 radical (unpaired) electrons. The monoisotopic (exact) mass is 232 g/mol. The number of hydrogen-bond acceptors (Lipinski definition) is 3. The molecule has 0 aliphatic carbocycles. The van der Waals surface area contributed by atoms with E-state index in [1.165, 1.54) is 0 Å². The molecule has 0 bridgehead atoms. The van der Waals surface area contributed by atoms with E-state index in [2.05, 4.69) is 0 Å². The summed E-state index contributed by atoms with van der Waals surface area (Å²) in [5.41, 5.74) is -1.49. The Morgan fingerprint density at radius 1 is 1.38 bits per heavy atom. The fourth-order valence-corrected chi connectivity index (χ4v) is 0.904. The van der Waals surface area contributed by atoms with Gasteiger partial charge < -0.3 is 15.0 Å².